The average Bonchev–Trinajstić information content (AvgIpc) is 2.42. The molecular weight excluding hydrogens is 333 g/mol. The summed E-state index contributed by atoms with van der Waals surface area (Å²) in [6.07, 6.45) is 0. The monoisotopic (exact) mass is 341 g/mol. The number of anilines is 1. The number of nitro groups is 1. The van der Waals surface area contributed by atoms with Crippen LogP contribution in [0.15, 0.2) is 34.8 Å². The molecule has 0 spiro atoms. The lowest BCUT2D eigenvalue weighted by molar-refractivity contribution is -0.386. The van der Waals surface area contributed by atoms with E-state index in [1.165, 1.54) is 30.3 Å². The van der Waals surface area contributed by atoms with Gasteiger partial charge in [0.1, 0.15) is 17.4 Å². The number of benzene rings is 1. The van der Waals surface area contributed by atoms with Gasteiger partial charge in [0.2, 0.25) is 0 Å². The molecule has 6 nitrogen and oxygen atoms in total. The van der Waals surface area contributed by atoms with Crippen molar-refractivity contribution in [3.05, 3.63) is 50.7 Å². The van der Waals surface area contributed by atoms with E-state index in [4.69, 9.17) is 4.74 Å². The summed E-state index contributed by atoms with van der Waals surface area (Å²) in [6.45, 7) is 0. The molecule has 1 heterocycles. The van der Waals surface area contributed by atoms with E-state index in [1.807, 2.05) is 0 Å². The second-order valence-corrected chi connectivity index (χ2v) is 4.56. The third-order valence-corrected chi connectivity index (χ3v) is 3.01. The lowest BCUT2D eigenvalue weighted by atomic mass is 10.3. The minimum absolute atomic E-state index is 0.166. The number of hydrogen-bond acceptors (Lipinski definition) is 5. The highest BCUT2D eigenvalue weighted by atomic mass is 79.9. The Hall–Kier alpha value is -2.22. The van der Waals surface area contributed by atoms with Crippen molar-refractivity contribution in [1.82, 2.24) is 4.98 Å². The Labute approximate surface area is 121 Å². The summed E-state index contributed by atoms with van der Waals surface area (Å²) < 4.78 is 18.7. The molecule has 2 aromatic rings. The Morgan fingerprint density at radius 2 is 2.15 bits per heavy atom. The summed E-state index contributed by atoms with van der Waals surface area (Å²) >= 11 is 3.01. The summed E-state index contributed by atoms with van der Waals surface area (Å²) in [4.78, 5) is 14.3. The molecule has 0 aliphatic heterocycles. The number of rotatable bonds is 4. The van der Waals surface area contributed by atoms with Gasteiger partial charge in [0, 0.05) is 13.1 Å². The predicted molar refractivity (Wildman–Crippen MR) is 74.6 cm³/mol. The van der Waals surface area contributed by atoms with Crippen molar-refractivity contribution in [2.24, 2.45) is 0 Å². The van der Waals surface area contributed by atoms with Gasteiger partial charge in [0.15, 0.2) is 0 Å². The SMILES string of the molecule is CNc1ccc([N+](=O)[O-])c(Oc2ccc(F)c(Br)c2)n1. The Kier molecular flexibility index (Phi) is 4.14. The Balaban J connectivity index is 2.40. The van der Waals surface area contributed by atoms with E-state index >= 15 is 0 Å². The molecule has 0 saturated carbocycles. The van der Waals surface area contributed by atoms with Crippen LogP contribution in [0.2, 0.25) is 0 Å². The van der Waals surface area contributed by atoms with Gasteiger partial charge in [0.25, 0.3) is 0 Å². The third-order valence-electron chi connectivity index (χ3n) is 2.40. The number of hydrogen-bond donors (Lipinski definition) is 1. The first kappa shape index (κ1) is 14.2. The maximum Gasteiger partial charge on any atom is 0.331 e. The van der Waals surface area contributed by atoms with Crippen LogP contribution in [0.3, 0.4) is 0 Å². The van der Waals surface area contributed by atoms with E-state index in [1.54, 1.807) is 7.05 Å². The van der Waals surface area contributed by atoms with Gasteiger partial charge >= 0.3 is 11.6 Å². The molecule has 104 valence electrons. The molecule has 1 N–H and O–H groups in total. The molecule has 0 fully saturated rings. The number of nitrogens with zero attached hydrogens (tertiary/aromatic N) is 2. The number of nitrogens with one attached hydrogen (secondary N) is 1. The highest BCUT2D eigenvalue weighted by Crippen LogP contribution is 2.32. The summed E-state index contributed by atoms with van der Waals surface area (Å²) in [5.41, 5.74) is -0.274. The smallest absolute Gasteiger partial charge is 0.331 e. The van der Waals surface area contributed by atoms with Gasteiger partial charge < -0.3 is 10.1 Å². The molecule has 0 atom stereocenters. The Bertz CT molecular complexity index is 666. The lowest BCUT2D eigenvalue weighted by Crippen LogP contribution is -1.99. The van der Waals surface area contributed by atoms with Gasteiger partial charge in [-0.05, 0) is 40.2 Å². The van der Waals surface area contributed by atoms with E-state index in [-0.39, 0.29) is 21.8 Å². The van der Waals surface area contributed by atoms with E-state index in [9.17, 15) is 14.5 Å². The van der Waals surface area contributed by atoms with E-state index in [0.717, 1.165) is 0 Å². The van der Waals surface area contributed by atoms with Crippen LogP contribution in [-0.2, 0) is 0 Å². The largest absolute Gasteiger partial charge is 0.434 e. The normalized spacial score (nSPS) is 10.2. The zero-order chi connectivity index (χ0) is 14.7. The molecule has 20 heavy (non-hydrogen) atoms. The van der Waals surface area contributed by atoms with Crippen LogP contribution in [-0.4, -0.2) is 17.0 Å². The average molecular weight is 342 g/mol. The van der Waals surface area contributed by atoms with E-state index in [0.29, 0.717) is 5.82 Å². The van der Waals surface area contributed by atoms with Gasteiger partial charge in [-0.2, -0.15) is 4.98 Å². The highest BCUT2D eigenvalue weighted by Gasteiger charge is 2.18. The molecule has 0 unspecified atom stereocenters. The highest BCUT2D eigenvalue weighted by molar-refractivity contribution is 9.10. The van der Waals surface area contributed by atoms with Crippen molar-refractivity contribution in [3.8, 4) is 11.6 Å². The third kappa shape index (κ3) is 3.02. The minimum atomic E-state index is -0.597. The van der Waals surface area contributed by atoms with E-state index < -0.39 is 10.7 Å². The predicted octanol–water partition coefficient (Wildman–Crippen LogP) is 3.73. The number of halogens is 2. The van der Waals surface area contributed by atoms with Crippen molar-refractivity contribution >= 4 is 27.4 Å². The molecule has 2 rings (SSSR count). The molecule has 0 aliphatic rings. The van der Waals surface area contributed by atoms with Crippen LogP contribution in [0.4, 0.5) is 15.9 Å². The molecule has 8 heteroatoms. The standard InChI is InChI=1S/C12H9BrFN3O3/c1-15-11-5-4-10(17(18)19)12(16-11)20-7-2-3-9(14)8(13)6-7/h2-6H,1H3,(H,15,16). The van der Waals surface area contributed by atoms with Crippen LogP contribution in [0.1, 0.15) is 0 Å². The fourth-order valence-electron chi connectivity index (χ4n) is 1.44. The van der Waals surface area contributed by atoms with Crippen LogP contribution < -0.4 is 10.1 Å². The van der Waals surface area contributed by atoms with Crippen molar-refractivity contribution < 1.29 is 14.1 Å². The van der Waals surface area contributed by atoms with Crippen LogP contribution in [0.25, 0.3) is 0 Å². The first-order valence-corrected chi connectivity index (χ1v) is 6.26. The summed E-state index contributed by atoms with van der Waals surface area (Å²) in [5, 5.41) is 13.7. The molecule has 1 aromatic heterocycles. The van der Waals surface area contributed by atoms with Crippen LogP contribution in [0.5, 0.6) is 11.6 Å². The first-order chi connectivity index (χ1) is 9.51. The minimum Gasteiger partial charge on any atom is -0.434 e. The van der Waals surface area contributed by atoms with Gasteiger partial charge in [0.05, 0.1) is 9.40 Å². The first-order valence-electron chi connectivity index (χ1n) is 5.47. The number of ether oxygens (including phenoxy) is 1. The second-order valence-electron chi connectivity index (χ2n) is 3.71. The zero-order valence-corrected chi connectivity index (χ0v) is 11.8. The Morgan fingerprint density at radius 3 is 2.75 bits per heavy atom. The molecule has 1 aromatic carbocycles. The van der Waals surface area contributed by atoms with Gasteiger partial charge in [-0.25, -0.2) is 4.39 Å². The van der Waals surface area contributed by atoms with Gasteiger partial charge in [-0.3, -0.25) is 10.1 Å². The zero-order valence-electron chi connectivity index (χ0n) is 10.3. The van der Waals surface area contributed by atoms with Gasteiger partial charge in [-0.15, -0.1) is 0 Å². The molecule has 0 amide bonds. The molecule has 0 radical (unpaired) electrons. The summed E-state index contributed by atoms with van der Waals surface area (Å²) in [7, 11) is 1.63. The fourth-order valence-corrected chi connectivity index (χ4v) is 1.80. The van der Waals surface area contributed by atoms with Gasteiger partial charge in [-0.1, -0.05) is 0 Å². The topological polar surface area (TPSA) is 77.3 Å². The maximum absolute atomic E-state index is 13.1. The van der Waals surface area contributed by atoms with Crippen LogP contribution in [0, 0.1) is 15.9 Å². The Morgan fingerprint density at radius 1 is 1.40 bits per heavy atom. The van der Waals surface area contributed by atoms with Crippen molar-refractivity contribution in [2.45, 2.75) is 0 Å². The van der Waals surface area contributed by atoms with E-state index in [2.05, 4.69) is 26.2 Å². The molecular formula is C12H9BrFN3O3. The quantitative estimate of drug-likeness (QED) is 0.677. The van der Waals surface area contributed by atoms with Crippen molar-refractivity contribution in [1.29, 1.82) is 0 Å². The molecule has 0 saturated heterocycles. The van der Waals surface area contributed by atoms with Crippen molar-refractivity contribution in [3.63, 3.8) is 0 Å². The summed E-state index contributed by atoms with van der Waals surface area (Å²) in [6, 6.07) is 6.66. The second kappa shape index (κ2) is 5.83. The maximum atomic E-state index is 13.1. The molecule has 0 bridgehead atoms. The lowest BCUT2D eigenvalue weighted by Gasteiger charge is -2.07. The fraction of sp³-hybridized carbons (Fsp3) is 0.0833. The number of aromatic nitrogens is 1. The molecule has 0 aliphatic carbocycles. The summed E-state index contributed by atoms with van der Waals surface area (Å²) in [5.74, 6) is 0.0399. The van der Waals surface area contributed by atoms with Crippen LogP contribution >= 0.6 is 15.9 Å². The van der Waals surface area contributed by atoms with Crippen molar-refractivity contribution in [2.75, 3.05) is 12.4 Å². The number of pyridine rings is 1.